The minimum Gasteiger partial charge on any atom is -0.481 e. The fraction of sp³-hybridized carbons (Fsp3) is 0.960. The summed E-state index contributed by atoms with van der Waals surface area (Å²) in [7, 11) is 0. The van der Waals surface area contributed by atoms with Crippen molar-refractivity contribution >= 4 is 5.97 Å². The predicted molar refractivity (Wildman–Crippen MR) is 112 cm³/mol. The van der Waals surface area contributed by atoms with Gasteiger partial charge in [-0.2, -0.15) is 0 Å². The van der Waals surface area contributed by atoms with Gasteiger partial charge in [-0.15, -0.1) is 0 Å². The van der Waals surface area contributed by atoms with E-state index in [0.29, 0.717) is 46.8 Å². The fourth-order valence-electron chi connectivity index (χ4n) is 9.12. The molecular weight excluding hydrogens is 348 g/mol. The van der Waals surface area contributed by atoms with Crippen molar-refractivity contribution in [1.82, 2.24) is 0 Å². The normalized spacial score (nSPS) is 50.5. The van der Waals surface area contributed by atoms with Crippen LogP contribution in [0.25, 0.3) is 0 Å². The van der Waals surface area contributed by atoms with E-state index in [-0.39, 0.29) is 6.10 Å². The lowest BCUT2D eigenvalue weighted by Crippen LogP contribution is -2.61. The van der Waals surface area contributed by atoms with Gasteiger partial charge in [-0.05, 0) is 97.7 Å². The number of carboxylic acids is 1. The first-order valence-electron chi connectivity index (χ1n) is 12.2. The van der Waals surface area contributed by atoms with E-state index >= 15 is 0 Å². The van der Waals surface area contributed by atoms with E-state index < -0.39 is 5.97 Å². The lowest BCUT2D eigenvalue weighted by molar-refractivity contribution is -0.193. The molecule has 4 saturated carbocycles. The summed E-state index contributed by atoms with van der Waals surface area (Å²) in [5.74, 6) is 3.03. The standard InChI is InChI=1S/C25H42O3/c1-4-17-18-9-5-6-14-25(18,3)20-13-15-24(2)16(8-7-10-21(26)27)11-12-19(24)22(20)23(17)28/h16-20,22-23,28H,4-15H2,1-3H3,(H,26,27)/t16?,17-,18?,19?,20+,22?,23?,24?,25?/m1/s1. The number of hydrogen-bond donors (Lipinski definition) is 2. The highest BCUT2D eigenvalue weighted by molar-refractivity contribution is 5.66. The summed E-state index contributed by atoms with van der Waals surface area (Å²) in [6.45, 7) is 7.38. The quantitative estimate of drug-likeness (QED) is 0.614. The molecule has 9 atom stereocenters. The Morgan fingerprint density at radius 1 is 0.964 bits per heavy atom. The highest BCUT2D eigenvalue weighted by Gasteiger charge is 2.63. The van der Waals surface area contributed by atoms with E-state index in [4.69, 9.17) is 5.11 Å². The third-order valence-corrected chi connectivity index (χ3v) is 10.5. The highest BCUT2D eigenvalue weighted by Crippen LogP contribution is 2.69. The largest absolute Gasteiger partial charge is 0.481 e. The molecule has 3 nitrogen and oxygen atoms in total. The van der Waals surface area contributed by atoms with Crippen molar-refractivity contribution in [2.45, 2.75) is 104 Å². The first-order chi connectivity index (χ1) is 13.3. The zero-order valence-electron chi connectivity index (χ0n) is 18.3. The average molecular weight is 391 g/mol. The van der Waals surface area contributed by atoms with Crippen LogP contribution in [0.2, 0.25) is 0 Å². The van der Waals surface area contributed by atoms with Gasteiger partial charge < -0.3 is 10.2 Å². The Hall–Kier alpha value is -0.570. The average Bonchev–Trinajstić information content (AvgIpc) is 2.99. The maximum atomic E-state index is 11.6. The van der Waals surface area contributed by atoms with E-state index in [1.807, 2.05) is 0 Å². The molecule has 2 N–H and O–H groups in total. The molecule has 4 rings (SSSR count). The molecular formula is C25H42O3. The van der Waals surface area contributed by atoms with Gasteiger partial charge in [0.05, 0.1) is 6.10 Å². The lowest BCUT2D eigenvalue weighted by atomic mass is 9.41. The Morgan fingerprint density at radius 3 is 2.43 bits per heavy atom. The molecule has 0 spiro atoms. The van der Waals surface area contributed by atoms with Gasteiger partial charge in [0, 0.05) is 6.42 Å². The molecule has 0 aromatic carbocycles. The molecule has 0 amide bonds. The molecule has 0 aromatic heterocycles. The fourth-order valence-corrected chi connectivity index (χ4v) is 9.12. The van der Waals surface area contributed by atoms with Crippen molar-refractivity contribution in [1.29, 1.82) is 0 Å². The van der Waals surface area contributed by atoms with E-state index in [1.165, 1.54) is 51.4 Å². The van der Waals surface area contributed by atoms with Crippen LogP contribution >= 0.6 is 0 Å². The zero-order chi connectivity index (χ0) is 20.1. The number of hydrogen-bond acceptors (Lipinski definition) is 2. The van der Waals surface area contributed by atoms with Gasteiger partial charge in [0.1, 0.15) is 0 Å². The van der Waals surface area contributed by atoms with Crippen molar-refractivity contribution in [2.24, 2.45) is 46.3 Å². The van der Waals surface area contributed by atoms with Crippen LogP contribution in [-0.4, -0.2) is 22.3 Å². The van der Waals surface area contributed by atoms with Crippen LogP contribution in [-0.2, 0) is 4.79 Å². The number of rotatable bonds is 5. The van der Waals surface area contributed by atoms with Crippen molar-refractivity contribution < 1.29 is 15.0 Å². The van der Waals surface area contributed by atoms with Crippen LogP contribution in [0.1, 0.15) is 97.8 Å². The third kappa shape index (κ3) is 3.06. The maximum Gasteiger partial charge on any atom is 0.303 e. The van der Waals surface area contributed by atoms with Gasteiger partial charge in [0.25, 0.3) is 0 Å². The molecule has 0 saturated heterocycles. The Bertz CT molecular complexity index is 588. The van der Waals surface area contributed by atoms with Crippen LogP contribution in [0.3, 0.4) is 0 Å². The van der Waals surface area contributed by atoms with Gasteiger partial charge in [0.15, 0.2) is 0 Å². The first kappa shape index (κ1) is 20.7. The number of aliphatic hydroxyl groups is 1. The van der Waals surface area contributed by atoms with Gasteiger partial charge >= 0.3 is 5.97 Å². The highest BCUT2D eigenvalue weighted by atomic mass is 16.4. The van der Waals surface area contributed by atoms with Crippen molar-refractivity contribution in [3.8, 4) is 0 Å². The summed E-state index contributed by atoms with van der Waals surface area (Å²) >= 11 is 0. The summed E-state index contributed by atoms with van der Waals surface area (Å²) in [5.41, 5.74) is 0.752. The maximum absolute atomic E-state index is 11.6. The molecule has 7 unspecified atom stereocenters. The number of aliphatic carboxylic acids is 1. The molecule has 4 aliphatic rings. The summed E-state index contributed by atoms with van der Waals surface area (Å²) in [6.07, 6.45) is 13.7. The summed E-state index contributed by atoms with van der Waals surface area (Å²) in [5, 5.41) is 20.7. The van der Waals surface area contributed by atoms with Crippen LogP contribution in [0.4, 0.5) is 0 Å². The molecule has 0 aliphatic heterocycles. The number of carbonyl (C=O) groups is 1. The minimum absolute atomic E-state index is 0.117. The molecule has 160 valence electrons. The van der Waals surface area contributed by atoms with Crippen molar-refractivity contribution in [2.75, 3.05) is 0 Å². The van der Waals surface area contributed by atoms with Gasteiger partial charge in [0.2, 0.25) is 0 Å². The lowest BCUT2D eigenvalue weighted by Gasteiger charge is -2.64. The smallest absolute Gasteiger partial charge is 0.303 e. The SMILES string of the molecule is CC[C@H]1C(O)C2C3CCC(CCCC(=O)O)C3(C)CC[C@@H]2C2(C)CCCCC12. The van der Waals surface area contributed by atoms with Gasteiger partial charge in [-0.25, -0.2) is 0 Å². The van der Waals surface area contributed by atoms with Crippen LogP contribution in [0.15, 0.2) is 0 Å². The van der Waals surface area contributed by atoms with Crippen molar-refractivity contribution in [3.63, 3.8) is 0 Å². The number of fused-ring (bicyclic) bond motifs is 5. The van der Waals surface area contributed by atoms with Gasteiger partial charge in [-0.1, -0.05) is 40.0 Å². The molecule has 28 heavy (non-hydrogen) atoms. The van der Waals surface area contributed by atoms with Crippen LogP contribution in [0, 0.1) is 46.3 Å². The predicted octanol–water partition coefficient (Wildman–Crippen LogP) is 5.90. The Morgan fingerprint density at radius 2 is 1.71 bits per heavy atom. The topological polar surface area (TPSA) is 57.5 Å². The van der Waals surface area contributed by atoms with Crippen LogP contribution < -0.4 is 0 Å². The summed E-state index contributed by atoms with van der Waals surface area (Å²) in [4.78, 5) is 11.0. The number of aliphatic hydroxyl groups excluding tert-OH is 1. The molecule has 0 radical (unpaired) electrons. The van der Waals surface area contributed by atoms with E-state index in [9.17, 15) is 9.90 Å². The molecule has 4 fully saturated rings. The molecule has 4 aliphatic carbocycles. The molecule has 3 heteroatoms. The van der Waals surface area contributed by atoms with Gasteiger partial charge in [-0.3, -0.25) is 4.79 Å². The van der Waals surface area contributed by atoms with Crippen molar-refractivity contribution in [3.05, 3.63) is 0 Å². The third-order valence-electron chi connectivity index (χ3n) is 10.5. The van der Waals surface area contributed by atoms with Crippen LogP contribution in [0.5, 0.6) is 0 Å². The zero-order valence-corrected chi connectivity index (χ0v) is 18.3. The van der Waals surface area contributed by atoms with E-state index in [1.54, 1.807) is 0 Å². The second-order valence-electron chi connectivity index (χ2n) is 11.3. The first-order valence-corrected chi connectivity index (χ1v) is 12.2. The van der Waals surface area contributed by atoms with E-state index in [0.717, 1.165) is 25.2 Å². The summed E-state index contributed by atoms with van der Waals surface area (Å²) < 4.78 is 0. The minimum atomic E-state index is -0.659. The Balaban J connectivity index is 1.59. The Kier molecular flexibility index (Phi) is 5.61. The second-order valence-corrected chi connectivity index (χ2v) is 11.3. The summed E-state index contributed by atoms with van der Waals surface area (Å²) in [6, 6.07) is 0. The Labute approximate surface area is 171 Å². The second kappa shape index (κ2) is 7.60. The molecule has 0 heterocycles. The monoisotopic (exact) mass is 390 g/mol. The molecule has 0 aromatic rings. The molecule has 0 bridgehead atoms. The van der Waals surface area contributed by atoms with E-state index in [2.05, 4.69) is 20.8 Å². The number of carboxylic acid groups (broad SMARTS) is 1.